The first kappa shape index (κ1) is 17.7. The SMILES string of the molecule is Cc1cc(C)c(S(N)(=O)=O)c(C)c1C(=O)OC(C)C(C)C. The van der Waals surface area contributed by atoms with E-state index >= 15 is 0 Å². The van der Waals surface area contributed by atoms with Crippen LogP contribution in [0.15, 0.2) is 11.0 Å². The molecule has 0 heterocycles. The van der Waals surface area contributed by atoms with Crippen LogP contribution in [0.25, 0.3) is 0 Å². The molecule has 2 N–H and O–H groups in total. The Morgan fingerprint density at radius 2 is 1.67 bits per heavy atom. The molecule has 1 rings (SSSR count). The summed E-state index contributed by atoms with van der Waals surface area (Å²) in [6, 6.07) is 1.64. The van der Waals surface area contributed by atoms with Crippen LogP contribution in [-0.2, 0) is 14.8 Å². The van der Waals surface area contributed by atoms with E-state index in [-0.39, 0.29) is 22.5 Å². The zero-order valence-electron chi connectivity index (χ0n) is 13.4. The third-order valence-corrected chi connectivity index (χ3v) is 4.82. The van der Waals surface area contributed by atoms with Crippen molar-refractivity contribution in [2.75, 3.05) is 0 Å². The fourth-order valence-corrected chi connectivity index (χ4v) is 3.32. The van der Waals surface area contributed by atoms with Crippen molar-refractivity contribution in [1.29, 1.82) is 0 Å². The highest BCUT2D eigenvalue weighted by Crippen LogP contribution is 2.26. The Balaban J connectivity index is 3.41. The van der Waals surface area contributed by atoms with Gasteiger partial charge in [0.15, 0.2) is 0 Å². The van der Waals surface area contributed by atoms with Crippen molar-refractivity contribution in [3.8, 4) is 0 Å². The molecule has 1 aromatic carbocycles. The van der Waals surface area contributed by atoms with Crippen LogP contribution in [0.5, 0.6) is 0 Å². The number of ether oxygens (including phenoxy) is 1. The first-order valence-corrected chi connectivity index (χ1v) is 8.36. The summed E-state index contributed by atoms with van der Waals surface area (Å²) in [5.41, 5.74) is 1.83. The number of aryl methyl sites for hydroxylation is 2. The Kier molecular flexibility index (Phi) is 5.17. The van der Waals surface area contributed by atoms with Gasteiger partial charge in [0.2, 0.25) is 10.0 Å². The molecule has 6 heteroatoms. The highest BCUT2D eigenvalue weighted by atomic mass is 32.2. The fourth-order valence-electron chi connectivity index (χ4n) is 2.28. The van der Waals surface area contributed by atoms with Crippen molar-refractivity contribution in [2.45, 2.75) is 52.5 Å². The van der Waals surface area contributed by atoms with Crippen molar-refractivity contribution >= 4 is 16.0 Å². The Morgan fingerprint density at radius 3 is 2.10 bits per heavy atom. The Morgan fingerprint density at radius 1 is 1.14 bits per heavy atom. The first-order valence-electron chi connectivity index (χ1n) is 6.81. The Hall–Kier alpha value is -1.40. The third kappa shape index (κ3) is 3.83. The molecule has 5 nitrogen and oxygen atoms in total. The lowest BCUT2D eigenvalue weighted by molar-refractivity contribution is 0.0236. The van der Waals surface area contributed by atoms with Crippen LogP contribution < -0.4 is 5.14 Å². The molecule has 0 aromatic heterocycles. The number of esters is 1. The van der Waals surface area contributed by atoms with Gasteiger partial charge in [-0.15, -0.1) is 0 Å². The number of rotatable bonds is 4. The standard InChI is InChI=1S/C15H23NO4S/c1-8(2)12(6)20-15(17)13-9(3)7-10(4)14(11(13)5)21(16,18)19/h7-8,12H,1-6H3,(H2,16,18,19). The van der Waals surface area contributed by atoms with Gasteiger partial charge in [0.1, 0.15) is 6.10 Å². The molecule has 0 aliphatic heterocycles. The fraction of sp³-hybridized carbons (Fsp3) is 0.533. The van der Waals surface area contributed by atoms with Gasteiger partial charge in [-0.1, -0.05) is 19.9 Å². The second-order valence-electron chi connectivity index (χ2n) is 5.74. The molecule has 0 fully saturated rings. The zero-order chi connectivity index (χ0) is 16.5. The van der Waals surface area contributed by atoms with Gasteiger partial charge in [-0.2, -0.15) is 0 Å². The molecule has 1 aromatic rings. The molecule has 21 heavy (non-hydrogen) atoms. The summed E-state index contributed by atoms with van der Waals surface area (Å²) in [5, 5.41) is 5.25. The average Bonchev–Trinajstić information content (AvgIpc) is 2.25. The molecule has 0 aliphatic rings. The van der Waals surface area contributed by atoms with Gasteiger partial charge in [0, 0.05) is 0 Å². The van der Waals surface area contributed by atoms with Crippen molar-refractivity contribution in [1.82, 2.24) is 0 Å². The molecule has 0 amide bonds. The number of carbonyl (C=O) groups excluding carboxylic acids is 1. The number of sulfonamides is 1. The molecular formula is C15H23NO4S. The second-order valence-corrected chi connectivity index (χ2v) is 7.24. The Bertz CT molecular complexity index is 663. The minimum absolute atomic E-state index is 0.00255. The van der Waals surface area contributed by atoms with Gasteiger partial charge in [-0.05, 0) is 50.3 Å². The van der Waals surface area contributed by atoms with Crippen LogP contribution in [0.1, 0.15) is 47.8 Å². The summed E-state index contributed by atoms with van der Waals surface area (Å²) in [6.45, 7) is 10.7. The van der Waals surface area contributed by atoms with Crippen LogP contribution in [0, 0.1) is 26.7 Å². The van der Waals surface area contributed by atoms with Crippen LogP contribution in [-0.4, -0.2) is 20.5 Å². The van der Waals surface area contributed by atoms with Gasteiger partial charge >= 0.3 is 5.97 Å². The number of hydrogen-bond donors (Lipinski definition) is 1. The topological polar surface area (TPSA) is 86.5 Å². The summed E-state index contributed by atoms with van der Waals surface area (Å²) in [5.74, 6) is -0.339. The highest BCUT2D eigenvalue weighted by Gasteiger charge is 2.25. The minimum Gasteiger partial charge on any atom is -0.459 e. The maximum Gasteiger partial charge on any atom is 0.338 e. The summed E-state index contributed by atoms with van der Waals surface area (Å²) in [6.07, 6.45) is -0.254. The average molecular weight is 313 g/mol. The number of carbonyl (C=O) groups is 1. The Labute approximate surface area is 126 Å². The van der Waals surface area contributed by atoms with Crippen LogP contribution in [0.2, 0.25) is 0 Å². The lowest BCUT2D eigenvalue weighted by atomic mass is 9.99. The van der Waals surface area contributed by atoms with Gasteiger partial charge < -0.3 is 4.74 Å². The maximum atomic E-state index is 12.3. The lowest BCUT2D eigenvalue weighted by Crippen LogP contribution is -2.23. The highest BCUT2D eigenvalue weighted by molar-refractivity contribution is 7.89. The lowest BCUT2D eigenvalue weighted by Gasteiger charge is -2.20. The van der Waals surface area contributed by atoms with Crippen molar-refractivity contribution in [2.24, 2.45) is 11.1 Å². The van der Waals surface area contributed by atoms with E-state index in [9.17, 15) is 13.2 Å². The quantitative estimate of drug-likeness (QED) is 0.865. The molecule has 0 saturated heterocycles. The molecule has 0 aliphatic carbocycles. The van der Waals surface area contributed by atoms with Gasteiger partial charge in [0.05, 0.1) is 10.5 Å². The number of primary sulfonamides is 1. The van der Waals surface area contributed by atoms with E-state index in [2.05, 4.69) is 0 Å². The minimum atomic E-state index is -3.89. The van der Waals surface area contributed by atoms with Crippen molar-refractivity contribution < 1.29 is 17.9 Å². The van der Waals surface area contributed by atoms with Gasteiger partial charge in [-0.25, -0.2) is 18.4 Å². The molecule has 0 spiro atoms. The molecule has 0 radical (unpaired) electrons. The van der Waals surface area contributed by atoms with E-state index in [4.69, 9.17) is 9.88 Å². The number of hydrogen-bond acceptors (Lipinski definition) is 4. The zero-order valence-corrected chi connectivity index (χ0v) is 14.2. The maximum absolute atomic E-state index is 12.3. The predicted molar refractivity (Wildman–Crippen MR) is 81.7 cm³/mol. The molecule has 0 bridgehead atoms. The van der Waals surface area contributed by atoms with E-state index in [1.165, 1.54) is 0 Å². The normalized spacial score (nSPS) is 13.3. The summed E-state index contributed by atoms with van der Waals surface area (Å²) >= 11 is 0. The van der Waals surface area contributed by atoms with Crippen LogP contribution in [0.3, 0.4) is 0 Å². The van der Waals surface area contributed by atoms with E-state index in [1.54, 1.807) is 26.8 Å². The molecule has 0 saturated carbocycles. The summed E-state index contributed by atoms with van der Waals surface area (Å²) in [4.78, 5) is 12.3. The molecule has 118 valence electrons. The van der Waals surface area contributed by atoms with Crippen molar-refractivity contribution in [3.63, 3.8) is 0 Å². The number of nitrogens with two attached hydrogens (primary N) is 1. The largest absolute Gasteiger partial charge is 0.459 e. The van der Waals surface area contributed by atoms with Crippen LogP contribution >= 0.6 is 0 Å². The van der Waals surface area contributed by atoms with E-state index in [1.807, 2.05) is 20.8 Å². The monoisotopic (exact) mass is 313 g/mol. The van der Waals surface area contributed by atoms with Gasteiger partial charge in [-0.3, -0.25) is 0 Å². The summed E-state index contributed by atoms with van der Waals surface area (Å²) < 4.78 is 28.8. The third-order valence-electron chi connectivity index (χ3n) is 3.62. The molecule has 1 atom stereocenters. The second kappa shape index (κ2) is 6.15. The van der Waals surface area contributed by atoms with E-state index in [0.29, 0.717) is 16.7 Å². The number of benzene rings is 1. The van der Waals surface area contributed by atoms with Crippen molar-refractivity contribution in [3.05, 3.63) is 28.3 Å². The summed E-state index contributed by atoms with van der Waals surface area (Å²) in [7, 11) is -3.89. The van der Waals surface area contributed by atoms with Crippen LogP contribution in [0.4, 0.5) is 0 Å². The van der Waals surface area contributed by atoms with E-state index in [0.717, 1.165) is 0 Å². The van der Waals surface area contributed by atoms with E-state index < -0.39 is 16.0 Å². The molecular weight excluding hydrogens is 290 g/mol. The predicted octanol–water partition coefficient (Wildman–Crippen LogP) is 2.46. The molecule has 1 unspecified atom stereocenters. The van der Waals surface area contributed by atoms with Gasteiger partial charge in [0.25, 0.3) is 0 Å². The smallest absolute Gasteiger partial charge is 0.338 e. The first-order chi connectivity index (χ1) is 9.46.